The van der Waals surface area contributed by atoms with Crippen LogP contribution in [0.4, 0.5) is 0 Å². The smallest absolute Gasteiger partial charge is 0.256 e. The van der Waals surface area contributed by atoms with Crippen LogP contribution in [0.1, 0.15) is 59.5 Å². The Morgan fingerprint density at radius 2 is 1.92 bits per heavy atom. The van der Waals surface area contributed by atoms with Crippen LogP contribution in [-0.4, -0.2) is 59.7 Å². The van der Waals surface area contributed by atoms with Crippen LogP contribution in [0, 0.1) is 25.7 Å². The maximum absolute atomic E-state index is 13.6. The van der Waals surface area contributed by atoms with Crippen molar-refractivity contribution in [2.75, 3.05) is 33.4 Å². The summed E-state index contributed by atoms with van der Waals surface area (Å²) in [6.45, 7) is 8.77. The Bertz CT molecular complexity index is 1430. The number of benzene rings is 1. The van der Waals surface area contributed by atoms with E-state index >= 15 is 0 Å². The fourth-order valence-electron chi connectivity index (χ4n) is 6.30. The normalized spacial score (nSPS) is 18.9. The number of piperidine rings is 1. The number of para-hydroxylation sites is 1. The topological polar surface area (TPSA) is 106 Å². The first-order valence-corrected chi connectivity index (χ1v) is 13.8. The molecule has 1 unspecified atom stereocenters. The van der Waals surface area contributed by atoms with E-state index in [2.05, 4.69) is 27.9 Å². The Kier molecular flexibility index (Phi) is 7.79. The van der Waals surface area contributed by atoms with Crippen molar-refractivity contribution in [2.45, 2.75) is 52.6 Å². The van der Waals surface area contributed by atoms with Crippen LogP contribution in [0.2, 0.25) is 0 Å². The van der Waals surface area contributed by atoms with Gasteiger partial charge in [0.2, 0.25) is 5.91 Å². The molecule has 2 aromatic heterocycles. The highest BCUT2D eigenvalue weighted by Gasteiger charge is 2.33. The van der Waals surface area contributed by atoms with Crippen molar-refractivity contribution in [3.05, 3.63) is 63.2 Å². The number of fused-ring (bicyclic) bond motifs is 1. The van der Waals surface area contributed by atoms with Crippen molar-refractivity contribution in [1.29, 1.82) is 0 Å². The molecular formula is C30H38N4O5. The zero-order valence-corrected chi connectivity index (χ0v) is 23.2. The van der Waals surface area contributed by atoms with Crippen LogP contribution in [0.25, 0.3) is 10.9 Å². The number of methoxy groups -OCH3 is 1. The van der Waals surface area contributed by atoms with Crippen LogP contribution in [0.5, 0.6) is 5.75 Å². The third kappa shape index (κ3) is 5.20. The Hall–Kier alpha value is -3.59. The predicted molar refractivity (Wildman–Crippen MR) is 149 cm³/mol. The third-order valence-electron chi connectivity index (χ3n) is 8.48. The minimum absolute atomic E-state index is 0.00569. The number of likely N-dealkylation sites (tertiary alicyclic amines) is 1. The van der Waals surface area contributed by atoms with Crippen molar-refractivity contribution < 1.29 is 19.1 Å². The molecular weight excluding hydrogens is 496 g/mol. The quantitative estimate of drug-likeness (QED) is 0.481. The molecule has 208 valence electrons. The molecule has 2 atom stereocenters. The van der Waals surface area contributed by atoms with Crippen molar-refractivity contribution in [1.82, 2.24) is 19.8 Å². The molecule has 39 heavy (non-hydrogen) atoms. The van der Waals surface area contributed by atoms with Gasteiger partial charge in [-0.2, -0.15) is 0 Å². The number of nitrogens with one attached hydrogen (secondary N) is 2. The lowest BCUT2D eigenvalue weighted by Crippen LogP contribution is -2.43. The first-order chi connectivity index (χ1) is 18.8. The van der Waals surface area contributed by atoms with E-state index in [4.69, 9.17) is 9.47 Å². The van der Waals surface area contributed by atoms with Crippen molar-refractivity contribution >= 4 is 22.7 Å². The minimum Gasteiger partial charge on any atom is -0.496 e. The number of aromatic amines is 1. The van der Waals surface area contributed by atoms with Crippen molar-refractivity contribution in [2.24, 2.45) is 11.8 Å². The number of carbonyl (C=O) groups excluding carboxylic acids is 2. The first-order valence-electron chi connectivity index (χ1n) is 13.8. The highest BCUT2D eigenvalue weighted by molar-refractivity contribution is 6.08. The van der Waals surface area contributed by atoms with E-state index in [1.54, 1.807) is 13.0 Å². The van der Waals surface area contributed by atoms with E-state index < -0.39 is 0 Å². The summed E-state index contributed by atoms with van der Waals surface area (Å²) in [5.41, 5.74) is 3.34. The molecule has 2 aliphatic heterocycles. The number of aryl methyl sites for hydroxylation is 1. The molecule has 0 radical (unpaired) electrons. The number of carbonyl (C=O) groups is 2. The second-order valence-electron chi connectivity index (χ2n) is 10.8. The van der Waals surface area contributed by atoms with Gasteiger partial charge in [0.05, 0.1) is 37.3 Å². The number of hydrogen-bond acceptors (Lipinski definition) is 5. The molecule has 2 N–H and O–H groups in total. The molecule has 2 saturated heterocycles. The summed E-state index contributed by atoms with van der Waals surface area (Å²) >= 11 is 0. The number of H-pyrrole nitrogens is 1. The predicted octanol–water partition coefficient (Wildman–Crippen LogP) is 3.72. The number of ether oxygens (including phenoxy) is 2. The molecule has 0 bridgehead atoms. The lowest BCUT2D eigenvalue weighted by Gasteiger charge is -2.37. The molecule has 9 nitrogen and oxygen atoms in total. The van der Waals surface area contributed by atoms with Gasteiger partial charge in [0.25, 0.3) is 11.5 Å². The number of amides is 2. The van der Waals surface area contributed by atoms with Gasteiger partial charge in [-0.05, 0) is 58.1 Å². The van der Waals surface area contributed by atoms with Crippen molar-refractivity contribution in [3.8, 4) is 5.75 Å². The highest BCUT2D eigenvalue weighted by Crippen LogP contribution is 2.36. The van der Waals surface area contributed by atoms with Crippen LogP contribution in [0.15, 0.2) is 35.1 Å². The summed E-state index contributed by atoms with van der Waals surface area (Å²) in [5, 5.41) is 3.84. The molecule has 2 aliphatic rings. The summed E-state index contributed by atoms with van der Waals surface area (Å²) in [5.74, 6) is 0.843. The largest absolute Gasteiger partial charge is 0.496 e. The standard InChI is InChI=1S/C30H38N4O5/c1-18-15-26(38-4)24(28(35)32-18)16-31-29(36)27-20(3)34(25-8-6-5-7-23(25)27)19(2)21-9-12-33(13-10-21)30(37)22-11-14-39-17-22/h5-8,15,19,21-22H,9-14,16-17H2,1-4H3,(H,31,36)(H,32,35)/t19-,22?/m1/s1. The van der Waals surface area contributed by atoms with Gasteiger partial charge in [0.15, 0.2) is 0 Å². The summed E-state index contributed by atoms with van der Waals surface area (Å²) < 4.78 is 13.1. The molecule has 0 saturated carbocycles. The number of pyridine rings is 1. The van der Waals surface area contributed by atoms with E-state index in [0.29, 0.717) is 41.7 Å². The van der Waals surface area contributed by atoms with Crippen LogP contribution < -0.4 is 15.6 Å². The van der Waals surface area contributed by atoms with Gasteiger partial charge >= 0.3 is 0 Å². The summed E-state index contributed by atoms with van der Waals surface area (Å²) in [6, 6.07) is 9.88. The molecule has 2 amide bonds. The van der Waals surface area contributed by atoms with E-state index in [0.717, 1.165) is 48.9 Å². The SMILES string of the molecule is COc1cc(C)[nH]c(=O)c1CNC(=O)c1c(C)n([C@H](C)C2CCN(C(=O)C3CCOC3)CC2)c2ccccc12. The monoisotopic (exact) mass is 534 g/mol. The van der Waals surface area contributed by atoms with E-state index in [-0.39, 0.29) is 35.9 Å². The van der Waals surface area contributed by atoms with Gasteiger partial charge in [0.1, 0.15) is 5.75 Å². The Balaban J connectivity index is 1.35. The van der Waals surface area contributed by atoms with Crippen LogP contribution >= 0.6 is 0 Å². The molecule has 3 aromatic rings. The molecule has 4 heterocycles. The van der Waals surface area contributed by atoms with Gasteiger partial charge in [-0.25, -0.2) is 0 Å². The number of nitrogens with zero attached hydrogens (tertiary/aromatic N) is 2. The molecule has 0 spiro atoms. The second-order valence-corrected chi connectivity index (χ2v) is 10.8. The lowest BCUT2D eigenvalue weighted by atomic mass is 9.89. The Morgan fingerprint density at radius 1 is 1.18 bits per heavy atom. The van der Waals surface area contributed by atoms with E-state index in [9.17, 15) is 14.4 Å². The second kappa shape index (κ2) is 11.3. The van der Waals surface area contributed by atoms with Gasteiger partial charge in [-0.15, -0.1) is 0 Å². The molecule has 9 heteroatoms. The molecule has 0 aliphatic carbocycles. The Labute approximate surface area is 228 Å². The van der Waals surface area contributed by atoms with Crippen LogP contribution in [-0.2, 0) is 16.1 Å². The zero-order valence-electron chi connectivity index (χ0n) is 23.2. The zero-order chi connectivity index (χ0) is 27.7. The van der Waals surface area contributed by atoms with Crippen LogP contribution in [0.3, 0.4) is 0 Å². The van der Waals surface area contributed by atoms with Gasteiger partial charge in [-0.1, -0.05) is 18.2 Å². The summed E-state index contributed by atoms with van der Waals surface area (Å²) in [7, 11) is 1.52. The average Bonchev–Trinajstić information content (AvgIpc) is 3.57. The third-order valence-corrected chi connectivity index (χ3v) is 8.48. The minimum atomic E-state index is -0.273. The fraction of sp³-hybridized carbons (Fsp3) is 0.500. The van der Waals surface area contributed by atoms with E-state index in [1.807, 2.05) is 30.0 Å². The maximum atomic E-state index is 13.6. The first kappa shape index (κ1) is 27.0. The number of aromatic nitrogens is 2. The van der Waals surface area contributed by atoms with E-state index in [1.165, 1.54) is 7.11 Å². The average molecular weight is 535 g/mol. The van der Waals surface area contributed by atoms with Crippen molar-refractivity contribution in [3.63, 3.8) is 0 Å². The van der Waals surface area contributed by atoms with Gasteiger partial charge in [-0.3, -0.25) is 14.4 Å². The lowest BCUT2D eigenvalue weighted by molar-refractivity contribution is -0.137. The van der Waals surface area contributed by atoms with Gasteiger partial charge in [0, 0.05) is 48.0 Å². The molecule has 5 rings (SSSR count). The number of hydrogen-bond donors (Lipinski definition) is 2. The molecule has 1 aromatic carbocycles. The number of rotatable bonds is 7. The molecule has 2 fully saturated rings. The van der Waals surface area contributed by atoms with Gasteiger partial charge < -0.3 is 29.2 Å². The fourth-order valence-corrected chi connectivity index (χ4v) is 6.30. The summed E-state index contributed by atoms with van der Waals surface area (Å²) in [6.07, 6.45) is 2.66. The summed E-state index contributed by atoms with van der Waals surface area (Å²) in [4.78, 5) is 43.7. The Morgan fingerprint density at radius 3 is 2.62 bits per heavy atom. The highest BCUT2D eigenvalue weighted by atomic mass is 16.5. The maximum Gasteiger partial charge on any atom is 0.256 e.